The van der Waals surface area contributed by atoms with Crippen molar-refractivity contribution in [2.45, 2.75) is 13.3 Å². The van der Waals surface area contributed by atoms with Crippen LogP contribution in [-0.2, 0) is 0 Å². The Balaban J connectivity index is 2.36. The molecule has 1 aliphatic carbocycles. The Morgan fingerprint density at radius 3 is 2.69 bits per heavy atom. The first-order valence-electron chi connectivity index (χ1n) is 5.36. The molecule has 0 unspecified atom stereocenters. The third kappa shape index (κ3) is 2.12. The van der Waals surface area contributed by atoms with Gasteiger partial charge >= 0.3 is 0 Å². The fourth-order valence-corrected chi connectivity index (χ4v) is 1.81. The highest BCUT2D eigenvalue weighted by Gasteiger charge is 2.03. The predicted octanol–water partition coefficient (Wildman–Crippen LogP) is 3.79. The summed E-state index contributed by atoms with van der Waals surface area (Å²) in [5.41, 5.74) is 4.43. The summed E-state index contributed by atoms with van der Waals surface area (Å²) in [7, 11) is 0. The number of nitrogens with zero attached hydrogens (tertiary/aromatic N) is 1. The molecular weight excluding hydrogens is 194 g/mol. The molecule has 0 atom stereocenters. The fraction of sp³-hybridized carbons (Fsp3) is 0.133. The molecule has 0 radical (unpaired) electrons. The molecule has 0 fully saturated rings. The van der Waals surface area contributed by atoms with E-state index in [0.717, 1.165) is 12.0 Å². The normalized spacial score (nSPS) is 14.8. The number of benzene rings is 1. The van der Waals surface area contributed by atoms with E-state index in [4.69, 9.17) is 5.26 Å². The van der Waals surface area contributed by atoms with Crippen LogP contribution in [0.25, 0.3) is 5.57 Å². The largest absolute Gasteiger partial charge is 0.192 e. The summed E-state index contributed by atoms with van der Waals surface area (Å²) >= 11 is 0. The molecule has 0 heterocycles. The van der Waals surface area contributed by atoms with Crippen molar-refractivity contribution in [3.05, 3.63) is 65.3 Å². The van der Waals surface area contributed by atoms with Crippen molar-refractivity contribution in [2.24, 2.45) is 0 Å². The van der Waals surface area contributed by atoms with Gasteiger partial charge < -0.3 is 0 Å². The van der Waals surface area contributed by atoms with Crippen LogP contribution in [0.1, 0.15) is 17.5 Å². The van der Waals surface area contributed by atoms with E-state index in [9.17, 15) is 0 Å². The van der Waals surface area contributed by atoms with E-state index < -0.39 is 0 Å². The van der Waals surface area contributed by atoms with Gasteiger partial charge in [-0.2, -0.15) is 5.26 Å². The summed E-state index contributed by atoms with van der Waals surface area (Å²) in [6.07, 6.45) is 8.82. The zero-order chi connectivity index (χ0) is 11.4. The summed E-state index contributed by atoms with van der Waals surface area (Å²) in [6.45, 7) is 2.10. The first kappa shape index (κ1) is 10.4. The Bertz CT molecular complexity index is 525. The minimum atomic E-state index is 0.736. The SMILES string of the molecule is Cc1ccccc1C1=CCC=C(C#N)C=C1. The average molecular weight is 207 g/mol. The quantitative estimate of drug-likeness (QED) is 0.687. The van der Waals surface area contributed by atoms with Crippen LogP contribution in [0.15, 0.2) is 54.1 Å². The standard InChI is InChI=1S/C15H13N/c1-12-5-2-3-8-15(12)14-7-4-6-13(11-16)9-10-14/h2-3,5-10H,4H2,1H3. The molecule has 1 aromatic rings. The van der Waals surface area contributed by atoms with Crippen molar-refractivity contribution in [3.8, 4) is 6.07 Å². The van der Waals surface area contributed by atoms with Crippen molar-refractivity contribution in [2.75, 3.05) is 0 Å². The van der Waals surface area contributed by atoms with E-state index in [1.807, 2.05) is 30.4 Å². The number of nitriles is 1. The second-order valence-corrected chi connectivity index (χ2v) is 3.81. The third-order valence-corrected chi connectivity index (χ3v) is 2.70. The first-order valence-corrected chi connectivity index (χ1v) is 5.36. The lowest BCUT2D eigenvalue weighted by molar-refractivity contribution is 1.36. The van der Waals surface area contributed by atoms with E-state index in [0.29, 0.717) is 0 Å². The molecular formula is C15H13N. The van der Waals surface area contributed by atoms with Crippen LogP contribution >= 0.6 is 0 Å². The lowest BCUT2D eigenvalue weighted by atomic mass is 10.00. The Kier molecular flexibility index (Phi) is 3.03. The second kappa shape index (κ2) is 4.63. The molecule has 78 valence electrons. The van der Waals surface area contributed by atoms with Crippen LogP contribution in [0.2, 0.25) is 0 Å². The molecule has 1 heteroatoms. The molecule has 0 bridgehead atoms. The van der Waals surface area contributed by atoms with Crippen LogP contribution in [0.3, 0.4) is 0 Å². The number of hydrogen-bond acceptors (Lipinski definition) is 1. The second-order valence-electron chi connectivity index (χ2n) is 3.81. The first-order chi connectivity index (χ1) is 7.81. The maximum atomic E-state index is 8.83. The average Bonchev–Trinajstić information content (AvgIpc) is 2.55. The molecule has 1 nitrogen and oxygen atoms in total. The minimum absolute atomic E-state index is 0.736. The number of rotatable bonds is 1. The highest BCUT2D eigenvalue weighted by atomic mass is 14.2. The van der Waals surface area contributed by atoms with Crippen molar-refractivity contribution in [1.82, 2.24) is 0 Å². The molecule has 0 aliphatic heterocycles. The summed E-state index contributed by atoms with van der Waals surface area (Å²) in [4.78, 5) is 0. The van der Waals surface area contributed by atoms with E-state index in [1.54, 1.807) is 0 Å². The van der Waals surface area contributed by atoms with Crippen molar-refractivity contribution in [1.29, 1.82) is 5.26 Å². The van der Waals surface area contributed by atoms with Gasteiger partial charge in [-0.05, 0) is 36.1 Å². The molecule has 0 N–H and O–H groups in total. The van der Waals surface area contributed by atoms with Crippen LogP contribution in [0.4, 0.5) is 0 Å². The van der Waals surface area contributed by atoms with Crippen molar-refractivity contribution < 1.29 is 0 Å². The maximum absolute atomic E-state index is 8.83. The van der Waals surface area contributed by atoms with Gasteiger partial charge in [-0.1, -0.05) is 42.5 Å². The highest BCUT2D eigenvalue weighted by Crippen LogP contribution is 2.23. The van der Waals surface area contributed by atoms with Gasteiger partial charge in [0.05, 0.1) is 6.07 Å². The zero-order valence-corrected chi connectivity index (χ0v) is 9.27. The van der Waals surface area contributed by atoms with Gasteiger partial charge in [0, 0.05) is 5.57 Å². The summed E-state index contributed by atoms with van der Waals surface area (Å²) in [5, 5.41) is 8.83. The highest BCUT2D eigenvalue weighted by molar-refractivity contribution is 5.77. The van der Waals surface area contributed by atoms with E-state index in [-0.39, 0.29) is 0 Å². The lowest BCUT2D eigenvalue weighted by Gasteiger charge is -2.05. The minimum Gasteiger partial charge on any atom is -0.192 e. The molecule has 16 heavy (non-hydrogen) atoms. The van der Waals surface area contributed by atoms with Crippen LogP contribution < -0.4 is 0 Å². The molecule has 0 saturated carbocycles. The van der Waals surface area contributed by atoms with Crippen molar-refractivity contribution >= 4 is 5.57 Å². The fourth-order valence-electron chi connectivity index (χ4n) is 1.81. The van der Waals surface area contributed by atoms with Gasteiger partial charge in [-0.3, -0.25) is 0 Å². The molecule has 1 aromatic carbocycles. The number of allylic oxidation sites excluding steroid dienone is 6. The Morgan fingerprint density at radius 2 is 1.94 bits per heavy atom. The van der Waals surface area contributed by atoms with Crippen molar-refractivity contribution in [3.63, 3.8) is 0 Å². The van der Waals surface area contributed by atoms with Gasteiger partial charge in [0.15, 0.2) is 0 Å². The Morgan fingerprint density at radius 1 is 1.12 bits per heavy atom. The third-order valence-electron chi connectivity index (χ3n) is 2.70. The van der Waals surface area contributed by atoms with Gasteiger partial charge in [0.2, 0.25) is 0 Å². The molecule has 0 amide bonds. The van der Waals surface area contributed by atoms with E-state index >= 15 is 0 Å². The number of hydrogen-bond donors (Lipinski definition) is 0. The molecule has 1 aliphatic rings. The van der Waals surface area contributed by atoms with Crippen LogP contribution in [0.5, 0.6) is 0 Å². The van der Waals surface area contributed by atoms with E-state index in [2.05, 4.69) is 31.2 Å². The van der Waals surface area contributed by atoms with Gasteiger partial charge in [0.25, 0.3) is 0 Å². The Hall–Kier alpha value is -2.07. The van der Waals surface area contributed by atoms with Gasteiger partial charge in [-0.15, -0.1) is 0 Å². The van der Waals surface area contributed by atoms with Gasteiger partial charge in [0.1, 0.15) is 0 Å². The smallest absolute Gasteiger partial charge is 0.0988 e. The van der Waals surface area contributed by atoms with E-state index in [1.165, 1.54) is 16.7 Å². The topological polar surface area (TPSA) is 23.8 Å². The monoisotopic (exact) mass is 207 g/mol. The zero-order valence-electron chi connectivity index (χ0n) is 9.27. The summed E-state index contributed by atoms with van der Waals surface area (Å²) in [6, 6.07) is 10.5. The molecule has 0 spiro atoms. The molecule has 0 saturated heterocycles. The summed E-state index contributed by atoms with van der Waals surface area (Å²) < 4.78 is 0. The van der Waals surface area contributed by atoms with Gasteiger partial charge in [-0.25, -0.2) is 0 Å². The summed E-state index contributed by atoms with van der Waals surface area (Å²) in [5.74, 6) is 0. The van der Waals surface area contributed by atoms with Crippen LogP contribution in [-0.4, -0.2) is 0 Å². The Labute approximate surface area is 96.0 Å². The lowest BCUT2D eigenvalue weighted by Crippen LogP contribution is -1.85. The maximum Gasteiger partial charge on any atom is 0.0988 e. The molecule has 0 aromatic heterocycles. The van der Waals surface area contributed by atoms with Crippen LogP contribution in [0, 0.1) is 18.3 Å². The predicted molar refractivity (Wildman–Crippen MR) is 66.6 cm³/mol. The number of aryl methyl sites for hydroxylation is 1. The molecule has 2 rings (SSSR count).